The molecule has 2 amide bonds. The Hall–Kier alpha value is -3.28. The lowest BCUT2D eigenvalue weighted by Crippen LogP contribution is -2.65. The molecule has 2 atom stereocenters. The molecular formula is C28H33N3O3. The van der Waals surface area contributed by atoms with E-state index in [9.17, 15) is 9.59 Å². The minimum absolute atomic E-state index is 0.0778. The highest BCUT2D eigenvalue weighted by Crippen LogP contribution is 2.39. The third kappa shape index (κ3) is 3.75. The van der Waals surface area contributed by atoms with Crippen LogP contribution in [0.1, 0.15) is 68.0 Å². The first-order chi connectivity index (χ1) is 16.4. The molecule has 0 unspecified atom stereocenters. The largest absolute Gasteiger partial charge is 0.497 e. The van der Waals surface area contributed by atoms with Crippen molar-refractivity contribution in [3.63, 3.8) is 0 Å². The molecule has 1 aliphatic carbocycles. The quantitative estimate of drug-likeness (QED) is 0.579. The van der Waals surface area contributed by atoms with Crippen molar-refractivity contribution in [3.05, 3.63) is 65.9 Å². The fourth-order valence-corrected chi connectivity index (χ4v) is 5.69. The van der Waals surface area contributed by atoms with Gasteiger partial charge in [0.05, 0.1) is 25.2 Å². The third-order valence-corrected chi connectivity index (χ3v) is 7.65. The zero-order valence-electron chi connectivity index (χ0n) is 20.2. The van der Waals surface area contributed by atoms with Gasteiger partial charge in [0.1, 0.15) is 17.0 Å². The maximum Gasteiger partial charge on any atom is 0.271 e. The van der Waals surface area contributed by atoms with Crippen molar-refractivity contribution in [3.8, 4) is 5.75 Å². The summed E-state index contributed by atoms with van der Waals surface area (Å²) >= 11 is 0. The van der Waals surface area contributed by atoms with Gasteiger partial charge in [0.15, 0.2) is 0 Å². The molecule has 1 fully saturated rings. The summed E-state index contributed by atoms with van der Waals surface area (Å²) in [6.45, 7) is 4.32. The summed E-state index contributed by atoms with van der Waals surface area (Å²) in [4.78, 5) is 29.8. The number of carbonyl (C=O) groups is 2. The smallest absolute Gasteiger partial charge is 0.271 e. The number of nitrogens with zero attached hydrogens (tertiary/aromatic N) is 2. The van der Waals surface area contributed by atoms with Crippen LogP contribution < -0.4 is 10.1 Å². The van der Waals surface area contributed by atoms with Gasteiger partial charge in [0.25, 0.3) is 5.91 Å². The monoisotopic (exact) mass is 459 g/mol. The summed E-state index contributed by atoms with van der Waals surface area (Å²) in [5.41, 5.74) is 1.49. The van der Waals surface area contributed by atoms with Gasteiger partial charge in [0.2, 0.25) is 5.91 Å². The van der Waals surface area contributed by atoms with E-state index in [0.29, 0.717) is 12.2 Å². The van der Waals surface area contributed by atoms with Crippen LogP contribution in [0.3, 0.4) is 0 Å². The number of aromatic nitrogens is 1. The van der Waals surface area contributed by atoms with Crippen LogP contribution in [0.2, 0.25) is 0 Å². The Kier molecular flexibility index (Phi) is 5.84. The maximum absolute atomic E-state index is 14.1. The van der Waals surface area contributed by atoms with Gasteiger partial charge in [-0.3, -0.25) is 9.59 Å². The Morgan fingerprint density at radius 1 is 1.09 bits per heavy atom. The van der Waals surface area contributed by atoms with Gasteiger partial charge >= 0.3 is 0 Å². The number of benzene rings is 2. The average molecular weight is 460 g/mol. The highest BCUT2D eigenvalue weighted by molar-refractivity contribution is 6.04. The molecule has 1 aromatic heterocycles. The van der Waals surface area contributed by atoms with Crippen molar-refractivity contribution in [2.75, 3.05) is 7.11 Å². The highest BCUT2D eigenvalue weighted by Gasteiger charge is 2.50. The number of methoxy groups -OCH3 is 1. The second-order valence-electron chi connectivity index (χ2n) is 9.88. The number of ether oxygens (including phenoxy) is 1. The molecule has 6 nitrogen and oxygen atoms in total. The fraction of sp³-hybridized carbons (Fsp3) is 0.429. The maximum atomic E-state index is 14.1. The van der Waals surface area contributed by atoms with E-state index >= 15 is 0 Å². The molecule has 2 aromatic carbocycles. The van der Waals surface area contributed by atoms with Crippen LogP contribution >= 0.6 is 0 Å². The molecule has 2 heterocycles. The molecule has 1 N–H and O–H groups in total. The minimum atomic E-state index is -1.04. The van der Waals surface area contributed by atoms with Crippen LogP contribution in [0.25, 0.3) is 10.9 Å². The molecule has 3 aromatic rings. The molecule has 1 aliphatic heterocycles. The lowest BCUT2D eigenvalue weighted by molar-refractivity contribution is -0.135. The summed E-state index contributed by atoms with van der Waals surface area (Å²) in [6, 6.07) is 17.6. The minimum Gasteiger partial charge on any atom is -0.497 e. The Morgan fingerprint density at radius 3 is 2.53 bits per heavy atom. The van der Waals surface area contributed by atoms with Crippen molar-refractivity contribution in [1.29, 1.82) is 0 Å². The van der Waals surface area contributed by atoms with E-state index in [1.54, 1.807) is 12.0 Å². The van der Waals surface area contributed by atoms with Crippen LogP contribution in [0, 0.1) is 0 Å². The molecule has 6 heteroatoms. The van der Waals surface area contributed by atoms with E-state index in [2.05, 4.69) is 5.32 Å². The number of nitrogens with one attached hydrogen (secondary N) is 1. The van der Waals surface area contributed by atoms with E-state index in [1.165, 1.54) is 6.42 Å². The number of hydrogen-bond donors (Lipinski definition) is 1. The van der Waals surface area contributed by atoms with Crippen molar-refractivity contribution in [1.82, 2.24) is 14.8 Å². The molecule has 1 saturated carbocycles. The van der Waals surface area contributed by atoms with Crippen molar-refractivity contribution in [2.45, 2.75) is 70.1 Å². The van der Waals surface area contributed by atoms with E-state index in [-0.39, 0.29) is 23.9 Å². The van der Waals surface area contributed by atoms with Crippen LogP contribution in [-0.4, -0.2) is 40.0 Å². The van der Waals surface area contributed by atoms with Crippen LogP contribution in [-0.2, 0) is 11.3 Å². The molecule has 0 bridgehead atoms. The Labute approximate surface area is 200 Å². The van der Waals surface area contributed by atoms with Gasteiger partial charge in [-0.05, 0) is 50.5 Å². The Morgan fingerprint density at radius 2 is 1.82 bits per heavy atom. The normalized spacial score (nSPS) is 21.9. The highest BCUT2D eigenvalue weighted by atomic mass is 16.5. The summed E-state index contributed by atoms with van der Waals surface area (Å²) in [6.07, 6.45) is 5.49. The topological polar surface area (TPSA) is 63.6 Å². The van der Waals surface area contributed by atoms with Crippen LogP contribution in [0.4, 0.5) is 0 Å². The van der Waals surface area contributed by atoms with E-state index in [4.69, 9.17) is 4.74 Å². The molecule has 34 heavy (non-hydrogen) atoms. The van der Waals surface area contributed by atoms with Crippen LogP contribution in [0.5, 0.6) is 5.75 Å². The first-order valence-electron chi connectivity index (χ1n) is 12.3. The zero-order chi connectivity index (χ0) is 23.9. The van der Waals surface area contributed by atoms with Crippen molar-refractivity contribution >= 4 is 22.7 Å². The number of hydrogen-bond acceptors (Lipinski definition) is 3. The molecule has 5 rings (SSSR count). The first kappa shape index (κ1) is 22.5. The van der Waals surface area contributed by atoms with Gasteiger partial charge in [0, 0.05) is 17.5 Å². The predicted octanol–water partition coefficient (Wildman–Crippen LogP) is 5.07. The third-order valence-electron chi connectivity index (χ3n) is 7.65. The number of amides is 2. The molecular weight excluding hydrogens is 426 g/mol. The van der Waals surface area contributed by atoms with Gasteiger partial charge < -0.3 is 19.5 Å². The van der Waals surface area contributed by atoms with Gasteiger partial charge in [-0.25, -0.2) is 0 Å². The second kappa shape index (κ2) is 8.82. The average Bonchev–Trinajstić information content (AvgIpc) is 3.22. The van der Waals surface area contributed by atoms with Gasteiger partial charge in [-0.15, -0.1) is 0 Å². The number of rotatable bonds is 5. The van der Waals surface area contributed by atoms with Crippen LogP contribution in [0.15, 0.2) is 54.6 Å². The van der Waals surface area contributed by atoms with Crippen molar-refractivity contribution in [2.24, 2.45) is 0 Å². The van der Waals surface area contributed by atoms with E-state index in [0.717, 1.165) is 47.9 Å². The Bertz CT molecular complexity index is 1210. The zero-order valence-corrected chi connectivity index (χ0v) is 20.2. The number of carbonyl (C=O) groups excluding carboxylic acids is 2. The molecule has 0 saturated heterocycles. The first-order valence-corrected chi connectivity index (χ1v) is 12.3. The lowest BCUT2D eigenvalue weighted by atomic mass is 9.89. The summed E-state index contributed by atoms with van der Waals surface area (Å²) in [7, 11) is 1.64. The van der Waals surface area contributed by atoms with E-state index < -0.39 is 5.54 Å². The molecule has 2 aliphatic rings. The number of fused-ring (bicyclic) bond motifs is 3. The SMILES string of the molecule is COc1ccc2cc3n(c2c1)C[C@@](C)(C(=O)NC1CCCCC1)N([C@H](C)c1ccccc1)C3=O. The summed E-state index contributed by atoms with van der Waals surface area (Å²) in [5.74, 6) is 0.527. The molecule has 0 spiro atoms. The second-order valence-corrected chi connectivity index (χ2v) is 9.88. The van der Waals surface area contributed by atoms with Gasteiger partial charge in [-0.1, -0.05) is 49.6 Å². The molecule has 178 valence electrons. The van der Waals surface area contributed by atoms with E-state index in [1.807, 2.05) is 73.0 Å². The lowest BCUT2D eigenvalue weighted by Gasteiger charge is -2.47. The Balaban J connectivity index is 1.60. The fourth-order valence-electron chi connectivity index (χ4n) is 5.69. The molecule has 0 radical (unpaired) electrons. The predicted molar refractivity (Wildman–Crippen MR) is 133 cm³/mol. The van der Waals surface area contributed by atoms with Gasteiger partial charge in [-0.2, -0.15) is 0 Å². The van der Waals surface area contributed by atoms with Crippen molar-refractivity contribution < 1.29 is 14.3 Å². The summed E-state index contributed by atoms with van der Waals surface area (Å²) in [5, 5.41) is 4.27. The summed E-state index contributed by atoms with van der Waals surface area (Å²) < 4.78 is 7.43. The standard InChI is InChI=1S/C28H33N3O3/c1-19(20-10-6-4-7-11-20)31-26(32)25-16-21-14-15-23(34-3)17-24(21)30(25)18-28(31,2)27(33)29-22-12-8-5-9-13-22/h4,6-7,10-11,14-17,19,22H,5,8-9,12-13,18H2,1-3H3,(H,29,33)/t19-,28+/m1/s1.